The summed E-state index contributed by atoms with van der Waals surface area (Å²) in [6, 6.07) is 2.28. The number of anilines is 1. The van der Waals surface area contributed by atoms with E-state index in [1.54, 1.807) is 21.0 Å². The lowest BCUT2D eigenvalue weighted by Crippen LogP contribution is -2.38. The van der Waals surface area contributed by atoms with E-state index in [-0.39, 0.29) is 51.2 Å². The van der Waals surface area contributed by atoms with E-state index in [9.17, 15) is 9.18 Å². The number of amides is 1. The molecule has 5 rings (SSSR count). The van der Waals surface area contributed by atoms with Crippen LogP contribution >= 0.6 is 11.8 Å². The summed E-state index contributed by atoms with van der Waals surface area (Å²) < 4.78 is 45.3. The Kier molecular flexibility index (Phi) is 6.55. The van der Waals surface area contributed by atoms with Crippen molar-refractivity contribution >= 4 is 28.5 Å². The van der Waals surface area contributed by atoms with Crippen LogP contribution in [0.3, 0.4) is 0 Å². The quantitative estimate of drug-likeness (QED) is 0.432. The Morgan fingerprint density at radius 2 is 2.08 bits per heavy atom. The molecule has 2 aliphatic rings. The number of benzene rings is 1. The summed E-state index contributed by atoms with van der Waals surface area (Å²) in [5, 5.41) is 6.54. The number of carbonyl (C=O) groups is 1. The second-order valence-electron chi connectivity index (χ2n) is 9.39. The highest BCUT2D eigenvalue weighted by molar-refractivity contribution is 8.15. The largest absolute Gasteiger partial charge is 0.468 e. The molecule has 1 fully saturated rings. The number of halogens is 2. The van der Waals surface area contributed by atoms with Crippen molar-refractivity contribution in [2.45, 2.75) is 37.7 Å². The molecule has 3 N–H and O–H groups in total. The van der Waals surface area contributed by atoms with Gasteiger partial charge < -0.3 is 25.0 Å². The minimum Gasteiger partial charge on any atom is -0.468 e. The van der Waals surface area contributed by atoms with Crippen LogP contribution in [0.5, 0.6) is 5.88 Å². The SMILES string of the molecule is COC[C@@]12SC(N)=N[C@](C)(c3cc(NC(=O)c4cnc(OCc5noc(C)n5)cn4)cc(F)c3F)C1C2C. The molecule has 1 aliphatic carbocycles. The molecule has 0 saturated heterocycles. The van der Waals surface area contributed by atoms with Crippen molar-refractivity contribution in [1.29, 1.82) is 0 Å². The van der Waals surface area contributed by atoms with Crippen LogP contribution in [0.15, 0.2) is 34.0 Å². The van der Waals surface area contributed by atoms with Gasteiger partial charge in [-0.2, -0.15) is 4.98 Å². The van der Waals surface area contributed by atoms with Gasteiger partial charge in [0.2, 0.25) is 17.6 Å². The van der Waals surface area contributed by atoms with Crippen LogP contribution in [-0.4, -0.2) is 49.6 Å². The van der Waals surface area contributed by atoms with Crippen molar-refractivity contribution in [2.24, 2.45) is 22.6 Å². The van der Waals surface area contributed by atoms with E-state index in [1.807, 2.05) is 6.92 Å². The second-order valence-corrected chi connectivity index (χ2v) is 10.8. The van der Waals surface area contributed by atoms with E-state index >= 15 is 4.39 Å². The lowest BCUT2D eigenvalue weighted by molar-refractivity contribution is 0.102. The Balaban J connectivity index is 1.35. The zero-order chi connectivity index (χ0) is 27.2. The maximum Gasteiger partial charge on any atom is 0.275 e. The highest BCUT2D eigenvalue weighted by Gasteiger charge is 2.72. The van der Waals surface area contributed by atoms with Gasteiger partial charge in [0.05, 0.1) is 29.3 Å². The molecule has 0 radical (unpaired) electrons. The summed E-state index contributed by atoms with van der Waals surface area (Å²) in [6.45, 7) is 5.78. The van der Waals surface area contributed by atoms with Gasteiger partial charge in [-0.1, -0.05) is 23.8 Å². The molecule has 14 heteroatoms. The molecule has 3 heterocycles. The number of ether oxygens (including phenoxy) is 2. The summed E-state index contributed by atoms with van der Waals surface area (Å²) in [5.41, 5.74) is 4.95. The molecule has 2 unspecified atom stereocenters. The van der Waals surface area contributed by atoms with Gasteiger partial charge in [0.1, 0.15) is 5.69 Å². The lowest BCUT2D eigenvalue weighted by Gasteiger charge is -2.34. The number of aryl methyl sites for hydroxylation is 1. The predicted octanol–water partition coefficient (Wildman–Crippen LogP) is 3.21. The van der Waals surface area contributed by atoms with Crippen LogP contribution < -0.4 is 15.8 Å². The number of methoxy groups -OCH3 is 1. The highest BCUT2D eigenvalue weighted by Crippen LogP contribution is 2.69. The van der Waals surface area contributed by atoms with Gasteiger partial charge in [-0.05, 0) is 18.9 Å². The third kappa shape index (κ3) is 4.47. The molecule has 2 aromatic heterocycles. The van der Waals surface area contributed by atoms with Crippen LogP contribution in [0.4, 0.5) is 14.5 Å². The number of aliphatic imine (C=N–C) groups is 1. The van der Waals surface area contributed by atoms with Crippen LogP contribution in [0.1, 0.15) is 41.6 Å². The molecule has 0 spiro atoms. The number of amidine groups is 1. The van der Waals surface area contributed by atoms with Crippen LogP contribution in [0, 0.1) is 30.4 Å². The number of thioether (sulfide) groups is 1. The standard InChI is InChI=1S/C24H25F2N7O4S/c1-11-20-23(3,32-22(27)38-24(11,20)10-35-4)14-5-13(6-15(25)19(14)26)31-21(34)16-7-29-18(8-28-16)36-9-17-30-12(2)37-33-17/h5-8,11,20H,9-10H2,1-4H3,(H2,27,32)(H,31,34)/t11?,20?,23-,24+/m1/s1. The fourth-order valence-electron chi connectivity index (χ4n) is 5.21. The number of nitrogens with two attached hydrogens (primary N) is 1. The number of fused-ring (bicyclic) bond motifs is 1. The van der Waals surface area contributed by atoms with Crippen molar-refractivity contribution in [3.63, 3.8) is 0 Å². The monoisotopic (exact) mass is 545 g/mol. The number of aromatic nitrogens is 4. The van der Waals surface area contributed by atoms with Crippen molar-refractivity contribution in [2.75, 3.05) is 19.0 Å². The molecule has 1 aliphatic heterocycles. The fourth-order valence-corrected chi connectivity index (χ4v) is 6.83. The molecule has 1 aromatic carbocycles. The lowest BCUT2D eigenvalue weighted by atomic mass is 9.84. The smallest absolute Gasteiger partial charge is 0.275 e. The zero-order valence-electron chi connectivity index (χ0n) is 21.0. The van der Waals surface area contributed by atoms with Crippen LogP contribution in [0.25, 0.3) is 0 Å². The number of nitrogens with one attached hydrogen (secondary N) is 1. The average Bonchev–Trinajstić information content (AvgIpc) is 3.22. The van der Waals surface area contributed by atoms with E-state index in [0.29, 0.717) is 18.3 Å². The minimum atomic E-state index is -1.16. The summed E-state index contributed by atoms with van der Waals surface area (Å²) >= 11 is 1.40. The van der Waals surface area contributed by atoms with Gasteiger partial charge in [0, 0.05) is 37.3 Å². The first-order valence-corrected chi connectivity index (χ1v) is 12.5. The first-order valence-electron chi connectivity index (χ1n) is 11.7. The van der Waals surface area contributed by atoms with Gasteiger partial charge in [0.15, 0.2) is 23.4 Å². The van der Waals surface area contributed by atoms with Crippen LogP contribution in [0.2, 0.25) is 0 Å². The zero-order valence-corrected chi connectivity index (χ0v) is 21.8. The molecule has 3 aromatic rings. The van der Waals surface area contributed by atoms with Crippen molar-refractivity contribution in [3.8, 4) is 5.88 Å². The summed E-state index contributed by atoms with van der Waals surface area (Å²) in [5.74, 6) is -2.04. The molecular formula is C24H25F2N7O4S. The first kappa shape index (κ1) is 26.0. The highest BCUT2D eigenvalue weighted by atomic mass is 32.2. The first-order chi connectivity index (χ1) is 18.1. The second kappa shape index (κ2) is 9.58. The van der Waals surface area contributed by atoms with Crippen molar-refractivity contribution in [1.82, 2.24) is 20.1 Å². The third-order valence-corrected chi connectivity index (χ3v) is 8.34. The topological polar surface area (TPSA) is 151 Å². The van der Waals surface area contributed by atoms with E-state index in [1.165, 1.54) is 30.2 Å². The summed E-state index contributed by atoms with van der Waals surface area (Å²) in [7, 11) is 1.59. The Hall–Kier alpha value is -3.65. The predicted molar refractivity (Wildman–Crippen MR) is 134 cm³/mol. The number of hydrogen-bond acceptors (Lipinski definition) is 11. The summed E-state index contributed by atoms with van der Waals surface area (Å²) in [4.78, 5) is 29.5. The maximum absolute atomic E-state index is 15.2. The van der Waals surface area contributed by atoms with E-state index in [0.717, 1.165) is 6.07 Å². The van der Waals surface area contributed by atoms with Crippen molar-refractivity contribution < 1.29 is 27.6 Å². The molecule has 0 bridgehead atoms. The van der Waals surface area contributed by atoms with E-state index < -0.39 is 23.1 Å². The van der Waals surface area contributed by atoms with Gasteiger partial charge in [0.25, 0.3) is 5.91 Å². The maximum atomic E-state index is 15.2. The molecule has 4 atom stereocenters. The fraction of sp³-hybridized carbons (Fsp3) is 0.417. The normalized spacial score (nSPS) is 25.9. The van der Waals surface area contributed by atoms with Crippen molar-refractivity contribution in [3.05, 3.63) is 59.1 Å². The third-order valence-electron chi connectivity index (χ3n) is 6.91. The van der Waals surface area contributed by atoms with Crippen LogP contribution in [-0.2, 0) is 16.9 Å². The summed E-state index contributed by atoms with van der Waals surface area (Å²) in [6.07, 6.45) is 2.45. The Labute approximate surface area is 220 Å². The number of nitrogens with zero attached hydrogens (tertiary/aromatic N) is 5. The van der Waals surface area contributed by atoms with Gasteiger partial charge in [-0.25, -0.2) is 18.7 Å². The van der Waals surface area contributed by atoms with Gasteiger partial charge >= 0.3 is 0 Å². The molecule has 38 heavy (non-hydrogen) atoms. The molecule has 1 saturated carbocycles. The molecule has 1 amide bonds. The number of rotatable bonds is 8. The average molecular weight is 546 g/mol. The Morgan fingerprint density at radius 3 is 2.74 bits per heavy atom. The minimum absolute atomic E-state index is 0.00240. The molecular weight excluding hydrogens is 520 g/mol. The number of carbonyl (C=O) groups excluding carboxylic acids is 1. The van der Waals surface area contributed by atoms with E-state index in [2.05, 4.69) is 30.4 Å². The number of hydrogen-bond donors (Lipinski definition) is 2. The van der Waals surface area contributed by atoms with Gasteiger partial charge in [-0.15, -0.1) is 0 Å². The molecule has 200 valence electrons. The Morgan fingerprint density at radius 1 is 1.29 bits per heavy atom. The Bertz CT molecular complexity index is 1420. The van der Waals surface area contributed by atoms with Gasteiger partial charge in [-0.3, -0.25) is 9.79 Å². The van der Waals surface area contributed by atoms with E-state index in [4.69, 9.17) is 19.7 Å². The molecule has 11 nitrogen and oxygen atoms in total.